The van der Waals surface area contributed by atoms with E-state index in [1.54, 1.807) is 0 Å². The smallest absolute Gasteiger partial charge is 0.114 e. The summed E-state index contributed by atoms with van der Waals surface area (Å²) in [5.74, 6) is 1.05. The third-order valence-corrected chi connectivity index (χ3v) is 3.41. The van der Waals surface area contributed by atoms with Gasteiger partial charge in [0, 0.05) is 12.0 Å². The molecule has 1 aromatic heterocycles. The van der Waals surface area contributed by atoms with Crippen LogP contribution in [-0.4, -0.2) is 16.5 Å². The number of aromatic nitrogens is 2. The number of nitrogens with one attached hydrogen (secondary N) is 1. The number of hydrogen-bond acceptors (Lipinski definition) is 2. The van der Waals surface area contributed by atoms with Gasteiger partial charge in [-0.25, -0.2) is 4.98 Å². The van der Waals surface area contributed by atoms with E-state index in [2.05, 4.69) is 22.1 Å². The molecule has 0 amide bonds. The Bertz CT molecular complexity index is 483. The van der Waals surface area contributed by atoms with Crippen LogP contribution >= 0.6 is 0 Å². The maximum Gasteiger partial charge on any atom is 0.114 e. The van der Waals surface area contributed by atoms with Crippen molar-refractivity contribution in [3.63, 3.8) is 0 Å². The first-order valence-corrected chi connectivity index (χ1v) is 5.65. The second-order valence-corrected chi connectivity index (χ2v) is 4.50. The lowest BCUT2D eigenvalue weighted by Gasteiger charge is -2.07. The van der Waals surface area contributed by atoms with Crippen LogP contribution < -0.4 is 5.73 Å². The topological polar surface area (TPSA) is 54.7 Å². The van der Waals surface area contributed by atoms with E-state index in [4.69, 9.17) is 5.73 Å². The molecule has 3 heteroatoms. The van der Waals surface area contributed by atoms with Crippen LogP contribution in [0.5, 0.6) is 0 Å². The van der Waals surface area contributed by atoms with Gasteiger partial charge in [0.2, 0.25) is 0 Å². The van der Waals surface area contributed by atoms with Gasteiger partial charge in [-0.2, -0.15) is 0 Å². The first-order valence-electron chi connectivity index (χ1n) is 5.65. The van der Waals surface area contributed by atoms with Gasteiger partial charge in [0.1, 0.15) is 5.82 Å². The zero-order valence-electron chi connectivity index (χ0n) is 9.11. The molecule has 82 valence electrons. The number of nitrogens with zero attached hydrogens (tertiary/aromatic N) is 1. The number of H-pyrrole nitrogens is 1. The Hall–Kier alpha value is -1.61. The van der Waals surface area contributed by atoms with Crippen molar-refractivity contribution in [2.24, 2.45) is 5.73 Å². The molecule has 0 saturated heterocycles. The minimum Gasteiger partial charge on any atom is -0.342 e. The first kappa shape index (κ1) is 9.60. The fourth-order valence-electron chi connectivity index (χ4n) is 2.04. The molecule has 0 aliphatic heterocycles. The van der Waals surface area contributed by atoms with Gasteiger partial charge in [0.15, 0.2) is 0 Å². The van der Waals surface area contributed by atoms with Crippen LogP contribution in [0, 0.1) is 0 Å². The molecule has 1 saturated carbocycles. The van der Waals surface area contributed by atoms with Gasteiger partial charge in [-0.05, 0) is 18.4 Å². The van der Waals surface area contributed by atoms with Gasteiger partial charge in [-0.15, -0.1) is 0 Å². The largest absolute Gasteiger partial charge is 0.342 e. The van der Waals surface area contributed by atoms with E-state index in [1.165, 1.54) is 5.56 Å². The van der Waals surface area contributed by atoms with Crippen molar-refractivity contribution in [2.45, 2.75) is 18.3 Å². The Kier molecular flexibility index (Phi) is 2.07. The zero-order chi connectivity index (χ0) is 11.0. The molecule has 1 aliphatic rings. The van der Waals surface area contributed by atoms with Crippen molar-refractivity contribution >= 4 is 0 Å². The van der Waals surface area contributed by atoms with Crippen molar-refractivity contribution in [2.75, 3.05) is 6.54 Å². The Balaban J connectivity index is 1.94. The fraction of sp³-hybridized carbons (Fsp3) is 0.308. The van der Waals surface area contributed by atoms with Gasteiger partial charge in [0.05, 0.1) is 11.9 Å². The summed E-state index contributed by atoms with van der Waals surface area (Å²) < 4.78 is 0. The minimum atomic E-state index is 0.146. The summed E-state index contributed by atoms with van der Waals surface area (Å²) in [7, 11) is 0. The summed E-state index contributed by atoms with van der Waals surface area (Å²) >= 11 is 0. The zero-order valence-corrected chi connectivity index (χ0v) is 9.11. The summed E-state index contributed by atoms with van der Waals surface area (Å²) in [5.41, 5.74) is 8.19. The van der Waals surface area contributed by atoms with Crippen molar-refractivity contribution in [3.8, 4) is 11.3 Å². The van der Waals surface area contributed by atoms with Gasteiger partial charge < -0.3 is 10.7 Å². The predicted molar refractivity (Wildman–Crippen MR) is 64.0 cm³/mol. The average Bonchev–Trinajstić information content (AvgIpc) is 3.00. The highest BCUT2D eigenvalue weighted by Gasteiger charge is 2.45. The second-order valence-electron chi connectivity index (χ2n) is 4.50. The van der Waals surface area contributed by atoms with Crippen LogP contribution in [-0.2, 0) is 5.41 Å². The minimum absolute atomic E-state index is 0.146. The molecule has 3 N–H and O–H groups in total. The molecular formula is C13H15N3. The SMILES string of the molecule is NCC1(c2ncc(-c3ccccc3)[nH]2)CC1. The molecule has 0 bridgehead atoms. The van der Waals surface area contributed by atoms with Crippen LogP contribution in [0.15, 0.2) is 36.5 Å². The molecule has 0 radical (unpaired) electrons. The van der Waals surface area contributed by atoms with Crippen molar-refractivity contribution in [3.05, 3.63) is 42.4 Å². The molecule has 3 nitrogen and oxygen atoms in total. The number of aromatic amines is 1. The number of imidazole rings is 1. The number of benzene rings is 1. The third kappa shape index (κ3) is 1.44. The van der Waals surface area contributed by atoms with Crippen molar-refractivity contribution in [1.82, 2.24) is 9.97 Å². The lowest BCUT2D eigenvalue weighted by Crippen LogP contribution is -2.21. The molecule has 0 atom stereocenters. The highest BCUT2D eigenvalue weighted by Crippen LogP contribution is 2.46. The maximum absolute atomic E-state index is 5.79. The third-order valence-electron chi connectivity index (χ3n) is 3.41. The van der Waals surface area contributed by atoms with Gasteiger partial charge >= 0.3 is 0 Å². The van der Waals surface area contributed by atoms with E-state index >= 15 is 0 Å². The molecule has 3 rings (SSSR count). The van der Waals surface area contributed by atoms with E-state index in [-0.39, 0.29) is 5.41 Å². The average molecular weight is 213 g/mol. The molecule has 1 aromatic carbocycles. The van der Waals surface area contributed by atoms with Crippen molar-refractivity contribution < 1.29 is 0 Å². The first-order chi connectivity index (χ1) is 7.84. The fourth-order valence-corrected chi connectivity index (χ4v) is 2.04. The number of hydrogen-bond donors (Lipinski definition) is 2. The monoisotopic (exact) mass is 213 g/mol. The summed E-state index contributed by atoms with van der Waals surface area (Å²) in [6.45, 7) is 0.689. The molecule has 1 aliphatic carbocycles. The number of rotatable bonds is 3. The van der Waals surface area contributed by atoms with Crippen LogP contribution in [0.1, 0.15) is 18.7 Å². The van der Waals surface area contributed by atoms with Crippen molar-refractivity contribution in [1.29, 1.82) is 0 Å². The molecule has 16 heavy (non-hydrogen) atoms. The normalized spacial score (nSPS) is 17.3. The van der Waals surface area contributed by atoms with Crippen LogP contribution in [0.3, 0.4) is 0 Å². The van der Waals surface area contributed by atoms with E-state index in [0.29, 0.717) is 6.54 Å². The summed E-state index contributed by atoms with van der Waals surface area (Å²) in [4.78, 5) is 7.85. The number of nitrogens with two attached hydrogens (primary N) is 1. The summed E-state index contributed by atoms with van der Waals surface area (Å²) in [6.07, 6.45) is 4.22. The lowest BCUT2D eigenvalue weighted by molar-refractivity contribution is 0.659. The Labute approximate surface area is 94.7 Å². The standard InChI is InChI=1S/C13H15N3/c14-9-13(6-7-13)12-15-8-11(16-12)10-4-2-1-3-5-10/h1-5,8H,6-7,9,14H2,(H,15,16). The Morgan fingerprint density at radius 1 is 1.25 bits per heavy atom. The Morgan fingerprint density at radius 3 is 2.62 bits per heavy atom. The molecule has 1 fully saturated rings. The van der Waals surface area contributed by atoms with Gasteiger partial charge in [-0.3, -0.25) is 0 Å². The molecular weight excluding hydrogens is 198 g/mol. The lowest BCUT2D eigenvalue weighted by atomic mass is 10.1. The molecule has 0 unspecified atom stereocenters. The van der Waals surface area contributed by atoms with E-state index in [0.717, 1.165) is 24.4 Å². The quantitative estimate of drug-likeness (QED) is 0.820. The van der Waals surface area contributed by atoms with E-state index in [1.807, 2.05) is 24.4 Å². The highest BCUT2D eigenvalue weighted by molar-refractivity contribution is 5.58. The highest BCUT2D eigenvalue weighted by atomic mass is 15.0. The van der Waals surface area contributed by atoms with Crippen LogP contribution in [0.25, 0.3) is 11.3 Å². The second kappa shape index (κ2) is 3.46. The van der Waals surface area contributed by atoms with Crippen LogP contribution in [0.4, 0.5) is 0 Å². The van der Waals surface area contributed by atoms with E-state index in [9.17, 15) is 0 Å². The molecule has 2 aromatic rings. The Morgan fingerprint density at radius 2 is 2.00 bits per heavy atom. The van der Waals surface area contributed by atoms with Gasteiger partial charge in [0.25, 0.3) is 0 Å². The summed E-state index contributed by atoms with van der Waals surface area (Å²) in [5, 5.41) is 0. The molecule has 1 heterocycles. The van der Waals surface area contributed by atoms with Crippen LogP contribution in [0.2, 0.25) is 0 Å². The maximum atomic E-state index is 5.79. The van der Waals surface area contributed by atoms with Gasteiger partial charge in [-0.1, -0.05) is 30.3 Å². The van der Waals surface area contributed by atoms with E-state index < -0.39 is 0 Å². The molecule has 0 spiro atoms. The summed E-state index contributed by atoms with van der Waals surface area (Å²) in [6, 6.07) is 10.2. The predicted octanol–water partition coefficient (Wildman–Crippen LogP) is 2.07.